The monoisotopic (exact) mass is 388 g/mol. The molecule has 3 rings (SSSR count). The van der Waals surface area contributed by atoms with Crippen LogP contribution in [0.1, 0.15) is 22.3 Å². The first-order valence-corrected chi connectivity index (χ1v) is 8.57. The smallest absolute Gasteiger partial charge is 0.0998 e. The van der Waals surface area contributed by atoms with Gasteiger partial charge in [0, 0.05) is 10.0 Å². The molecule has 3 heteroatoms. The van der Waals surface area contributed by atoms with Gasteiger partial charge in [-0.05, 0) is 43.7 Å². The first-order valence-electron chi connectivity index (χ1n) is 7.77. The van der Waals surface area contributed by atoms with Gasteiger partial charge in [0.25, 0.3) is 0 Å². The Balaban J connectivity index is 0.000000236. The van der Waals surface area contributed by atoms with Gasteiger partial charge in [0.15, 0.2) is 0 Å². The average Bonchev–Trinajstić information content (AvgIpc) is 2.64. The van der Waals surface area contributed by atoms with Crippen LogP contribution in [-0.4, -0.2) is 0 Å². The lowest BCUT2D eigenvalue weighted by atomic mass is 9.95. The molecule has 0 aliphatic carbocycles. The number of halogens is 1. The maximum Gasteiger partial charge on any atom is 0.0998 e. The summed E-state index contributed by atoms with van der Waals surface area (Å²) in [7, 11) is 0. The molecule has 0 aliphatic heterocycles. The van der Waals surface area contributed by atoms with Gasteiger partial charge in [-0.25, -0.2) is 0 Å². The fraction of sp³-hybridized carbons (Fsp3) is 0.0909. The van der Waals surface area contributed by atoms with Crippen LogP contribution in [0.4, 0.5) is 0 Å². The molecule has 3 aromatic carbocycles. The van der Waals surface area contributed by atoms with Crippen LogP contribution in [0.3, 0.4) is 0 Å². The summed E-state index contributed by atoms with van der Waals surface area (Å²) < 4.78 is 1.14. The van der Waals surface area contributed by atoms with Gasteiger partial charge in [-0.2, -0.15) is 10.5 Å². The van der Waals surface area contributed by atoms with E-state index in [1.807, 2.05) is 43.3 Å². The van der Waals surface area contributed by atoms with Gasteiger partial charge in [0.1, 0.15) is 0 Å². The summed E-state index contributed by atoms with van der Waals surface area (Å²) in [5, 5.41) is 18.2. The van der Waals surface area contributed by atoms with Crippen molar-refractivity contribution in [2.75, 3.05) is 0 Å². The van der Waals surface area contributed by atoms with Crippen LogP contribution in [0.15, 0.2) is 71.2 Å². The highest BCUT2D eigenvalue weighted by Gasteiger charge is 2.09. The predicted octanol–water partition coefficient (Wildman–Crippen LogP) is 6.16. The van der Waals surface area contributed by atoms with Crippen LogP contribution in [0.5, 0.6) is 0 Å². The van der Waals surface area contributed by atoms with Crippen molar-refractivity contribution in [3.63, 3.8) is 0 Å². The van der Waals surface area contributed by atoms with Gasteiger partial charge in [0.2, 0.25) is 0 Å². The van der Waals surface area contributed by atoms with Crippen molar-refractivity contribution in [2.24, 2.45) is 0 Å². The van der Waals surface area contributed by atoms with Crippen molar-refractivity contribution in [1.82, 2.24) is 0 Å². The largest absolute Gasteiger partial charge is 0.192 e. The molecular weight excluding hydrogens is 372 g/mol. The van der Waals surface area contributed by atoms with E-state index >= 15 is 0 Å². The van der Waals surface area contributed by atoms with E-state index in [9.17, 15) is 0 Å². The summed E-state index contributed by atoms with van der Waals surface area (Å²) >= 11 is 3.35. The topological polar surface area (TPSA) is 47.6 Å². The molecule has 25 heavy (non-hydrogen) atoms. The number of nitrogens with zero attached hydrogens (tertiary/aromatic N) is 2. The molecule has 0 fully saturated rings. The van der Waals surface area contributed by atoms with Gasteiger partial charge < -0.3 is 0 Å². The van der Waals surface area contributed by atoms with E-state index in [2.05, 4.69) is 47.1 Å². The third-order valence-corrected chi connectivity index (χ3v) is 4.19. The number of rotatable bonds is 1. The molecule has 0 saturated heterocycles. The number of benzene rings is 3. The summed E-state index contributed by atoms with van der Waals surface area (Å²) in [6, 6.07) is 25.5. The van der Waals surface area contributed by atoms with Gasteiger partial charge in [-0.1, -0.05) is 69.5 Å². The van der Waals surface area contributed by atoms with E-state index in [-0.39, 0.29) is 0 Å². The summed E-state index contributed by atoms with van der Waals surface area (Å²) in [6.45, 7) is 4.08. The molecule has 0 bridgehead atoms. The molecule has 3 aromatic rings. The molecule has 0 aromatic heterocycles. The zero-order valence-corrected chi connectivity index (χ0v) is 15.7. The first kappa shape index (κ1) is 18.5. The Morgan fingerprint density at radius 1 is 0.680 bits per heavy atom. The molecule has 0 radical (unpaired) electrons. The van der Waals surface area contributed by atoms with Gasteiger partial charge in [-0.3, -0.25) is 0 Å². The van der Waals surface area contributed by atoms with Crippen LogP contribution in [-0.2, 0) is 0 Å². The molecule has 0 heterocycles. The number of hydrogen-bond acceptors (Lipinski definition) is 2. The van der Waals surface area contributed by atoms with Crippen LogP contribution in [0.2, 0.25) is 0 Å². The Bertz CT molecular complexity index is 874. The minimum absolute atomic E-state index is 0.535. The molecule has 2 nitrogen and oxygen atoms in total. The molecule has 0 N–H and O–H groups in total. The quantitative estimate of drug-likeness (QED) is 0.500. The van der Waals surface area contributed by atoms with E-state index in [1.165, 1.54) is 5.56 Å². The fourth-order valence-electron chi connectivity index (χ4n) is 2.30. The number of aryl methyl sites for hydroxylation is 2. The molecule has 122 valence electrons. The Kier molecular flexibility index (Phi) is 6.52. The van der Waals surface area contributed by atoms with Crippen molar-refractivity contribution in [1.29, 1.82) is 10.5 Å². The van der Waals surface area contributed by atoms with Crippen LogP contribution in [0.25, 0.3) is 11.1 Å². The maximum absolute atomic E-state index is 9.09. The SMILES string of the molecule is Cc1ccc(-c2c(C#N)cccc2C#N)cc1.Cc1ccc(Br)cc1. The van der Waals surface area contributed by atoms with E-state index in [1.54, 1.807) is 18.2 Å². The lowest BCUT2D eigenvalue weighted by Crippen LogP contribution is -1.89. The molecular formula is C22H17BrN2. The van der Waals surface area contributed by atoms with E-state index in [4.69, 9.17) is 10.5 Å². The van der Waals surface area contributed by atoms with Crippen molar-refractivity contribution >= 4 is 15.9 Å². The zero-order chi connectivity index (χ0) is 18.2. The summed E-state index contributed by atoms with van der Waals surface area (Å²) in [6.07, 6.45) is 0. The fourth-order valence-corrected chi connectivity index (χ4v) is 2.57. The van der Waals surface area contributed by atoms with E-state index in [0.717, 1.165) is 21.2 Å². The Labute approximate surface area is 157 Å². The Morgan fingerprint density at radius 3 is 1.52 bits per heavy atom. The van der Waals surface area contributed by atoms with Gasteiger partial charge >= 0.3 is 0 Å². The average molecular weight is 389 g/mol. The highest BCUT2D eigenvalue weighted by Crippen LogP contribution is 2.27. The van der Waals surface area contributed by atoms with Crippen molar-refractivity contribution in [3.05, 3.63) is 93.5 Å². The first-order chi connectivity index (χ1) is 12.0. The standard InChI is InChI=1S/C15H10N2.C7H7Br/c1-11-5-7-12(8-6-11)15-13(9-16)3-2-4-14(15)10-17;1-6-2-4-7(8)5-3-6/h2-8H,1H3;2-5H,1H3. The second kappa shape index (κ2) is 8.83. The zero-order valence-electron chi connectivity index (χ0n) is 14.1. The second-order valence-electron chi connectivity index (χ2n) is 5.61. The van der Waals surface area contributed by atoms with Crippen molar-refractivity contribution in [3.8, 4) is 23.3 Å². The summed E-state index contributed by atoms with van der Waals surface area (Å²) in [5.41, 5.74) is 5.15. The molecule has 0 atom stereocenters. The highest BCUT2D eigenvalue weighted by molar-refractivity contribution is 9.10. The van der Waals surface area contributed by atoms with Crippen LogP contribution in [0, 0.1) is 36.5 Å². The summed E-state index contributed by atoms with van der Waals surface area (Å²) in [4.78, 5) is 0. The molecule has 0 saturated carbocycles. The normalized spacial score (nSPS) is 9.32. The number of nitriles is 2. The van der Waals surface area contributed by atoms with Crippen molar-refractivity contribution < 1.29 is 0 Å². The van der Waals surface area contributed by atoms with Gasteiger partial charge in [-0.15, -0.1) is 0 Å². The predicted molar refractivity (Wildman–Crippen MR) is 105 cm³/mol. The Hall–Kier alpha value is -2.88. The van der Waals surface area contributed by atoms with Crippen molar-refractivity contribution in [2.45, 2.75) is 13.8 Å². The highest BCUT2D eigenvalue weighted by atomic mass is 79.9. The van der Waals surface area contributed by atoms with Crippen LogP contribution >= 0.6 is 15.9 Å². The van der Waals surface area contributed by atoms with E-state index < -0.39 is 0 Å². The van der Waals surface area contributed by atoms with E-state index in [0.29, 0.717) is 11.1 Å². The molecule has 0 aliphatic rings. The second-order valence-corrected chi connectivity index (χ2v) is 6.53. The number of hydrogen-bond donors (Lipinski definition) is 0. The molecule has 0 spiro atoms. The Morgan fingerprint density at radius 2 is 1.12 bits per heavy atom. The minimum atomic E-state index is 0.535. The van der Waals surface area contributed by atoms with Crippen LogP contribution < -0.4 is 0 Å². The minimum Gasteiger partial charge on any atom is -0.192 e. The third-order valence-electron chi connectivity index (χ3n) is 3.66. The molecule has 0 unspecified atom stereocenters. The third kappa shape index (κ3) is 5.05. The summed E-state index contributed by atoms with van der Waals surface area (Å²) in [5.74, 6) is 0. The van der Waals surface area contributed by atoms with Gasteiger partial charge in [0.05, 0.1) is 23.3 Å². The lowest BCUT2D eigenvalue weighted by molar-refractivity contribution is 1.42. The lowest BCUT2D eigenvalue weighted by Gasteiger charge is -2.06. The molecule has 0 amide bonds. The maximum atomic E-state index is 9.09.